The quantitative estimate of drug-likeness (QED) is 0.493. The fraction of sp³-hybridized carbons (Fsp3) is 0.867. The van der Waals surface area contributed by atoms with Gasteiger partial charge in [-0.2, -0.15) is 9.78 Å². The van der Waals surface area contributed by atoms with E-state index in [9.17, 15) is 9.59 Å². The van der Waals surface area contributed by atoms with Crippen LogP contribution in [-0.2, 0) is 39.2 Å². The highest BCUT2D eigenvalue weighted by Gasteiger charge is 2.32. The van der Waals surface area contributed by atoms with E-state index in [0.717, 1.165) is 0 Å². The second-order valence-corrected chi connectivity index (χ2v) is 7.74. The van der Waals surface area contributed by atoms with Gasteiger partial charge in [0.15, 0.2) is 0 Å². The van der Waals surface area contributed by atoms with Crippen LogP contribution in [0.25, 0.3) is 0 Å². The smallest absolute Gasteiger partial charge is 0.269 e. The molecule has 0 unspecified atom stereocenters. The van der Waals surface area contributed by atoms with Crippen LogP contribution in [0.1, 0.15) is 68.2 Å². The average molecular weight is 336 g/mol. The molecule has 0 rings (SSSR count). The van der Waals surface area contributed by atoms with Crippen molar-refractivity contribution in [1.29, 1.82) is 0 Å². The van der Waals surface area contributed by atoms with Crippen molar-refractivity contribution in [3.05, 3.63) is 0 Å². The maximum atomic E-state index is 11.9. The second kappa shape index (κ2) is 8.58. The van der Waals surface area contributed by atoms with Gasteiger partial charge >= 0.3 is 11.9 Å². The summed E-state index contributed by atoms with van der Waals surface area (Å²) in [5.74, 6) is -1.33. The Hall–Kier alpha value is -1.22. The van der Waals surface area contributed by atoms with E-state index < -0.39 is 28.6 Å². The highest BCUT2D eigenvalue weighted by Crippen LogP contribution is 2.25. The van der Waals surface area contributed by atoms with Gasteiger partial charge in [-0.3, -0.25) is 9.78 Å². The van der Waals surface area contributed by atoms with Gasteiger partial charge in [0.25, 0.3) is 0 Å². The summed E-state index contributed by atoms with van der Waals surface area (Å²) in [6.07, 6.45) is 0.109. The SMILES string of the molecule is CC(C)(C)OOOC(=O)CCC(C)(C)C(=O)OOOC(C)(C)C. The number of hydrogen-bond acceptors (Lipinski definition) is 8. The van der Waals surface area contributed by atoms with E-state index in [-0.39, 0.29) is 12.8 Å². The van der Waals surface area contributed by atoms with Crippen molar-refractivity contribution >= 4 is 11.9 Å². The molecule has 0 amide bonds. The molecule has 0 saturated heterocycles. The largest absolute Gasteiger partial charge is 0.351 e. The Bertz CT molecular complexity index is 389. The van der Waals surface area contributed by atoms with Gasteiger partial charge in [-0.1, -0.05) is 0 Å². The standard InChI is InChI=1S/C15H28O8/c1-13(2,3)20-22-18-11(16)9-10-15(7,8)12(17)19-23-21-14(4,5)6/h9-10H2,1-8H3. The van der Waals surface area contributed by atoms with Crippen LogP contribution in [0, 0.1) is 5.41 Å². The summed E-state index contributed by atoms with van der Waals surface area (Å²) in [5, 5.41) is 8.82. The fourth-order valence-electron chi connectivity index (χ4n) is 0.978. The number of carbonyl (C=O) groups is 2. The molecule has 0 atom stereocenters. The molecule has 0 radical (unpaired) electrons. The fourth-order valence-corrected chi connectivity index (χ4v) is 0.978. The minimum atomic E-state index is -0.967. The van der Waals surface area contributed by atoms with E-state index in [0.29, 0.717) is 0 Å². The lowest BCUT2D eigenvalue weighted by Gasteiger charge is -2.22. The lowest BCUT2D eigenvalue weighted by atomic mass is 9.88. The van der Waals surface area contributed by atoms with Crippen molar-refractivity contribution in [2.45, 2.75) is 79.4 Å². The van der Waals surface area contributed by atoms with Crippen LogP contribution in [0.15, 0.2) is 0 Å². The molecule has 8 nitrogen and oxygen atoms in total. The first-order valence-electron chi connectivity index (χ1n) is 7.35. The van der Waals surface area contributed by atoms with E-state index in [2.05, 4.69) is 19.9 Å². The summed E-state index contributed by atoms with van der Waals surface area (Å²) in [6, 6.07) is 0. The number of rotatable bonds is 8. The summed E-state index contributed by atoms with van der Waals surface area (Å²) in [7, 11) is 0. The number of carbonyl (C=O) groups excluding carboxylic acids is 2. The van der Waals surface area contributed by atoms with Crippen LogP contribution in [0.4, 0.5) is 0 Å². The van der Waals surface area contributed by atoms with Gasteiger partial charge in [-0.15, -0.1) is 0 Å². The summed E-state index contributed by atoms with van der Waals surface area (Å²) < 4.78 is 0. The number of hydrogen-bond donors (Lipinski definition) is 0. The van der Waals surface area contributed by atoms with Crippen molar-refractivity contribution < 1.29 is 39.2 Å². The Morgan fingerprint density at radius 2 is 1.17 bits per heavy atom. The third-order valence-electron chi connectivity index (χ3n) is 2.31. The average Bonchev–Trinajstić information content (AvgIpc) is 2.33. The van der Waals surface area contributed by atoms with Crippen LogP contribution in [0.5, 0.6) is 0 Å². The van der Waals surface area contributed by atoms with E-state index in [4.69, 9.17) is 9.78 Å². The van der Waals surface area contributed by atoms with E-state index in [1.54, 1.807) is 55.4 Å². The Labute approximate surface area is 137 Å². The minimum Gasteiger partial charge on any atom is -0.269 e. The Kier molecular flexibility index (Phi) is 8.13. The molecule has 0 bridgehead atoms. The normalized spacial score (nSPS) is 12.9. The lowest BCUT2D eigenvalue weighted by Crippen LogP contribution is -2.29. The maximum Gasteiger partial charge on any atom is 0.351 e. The molecule has 0 fully saturated rings. The molecule has 0 aliphatic rings. The van der Waals surface area contributed by atoms with Gasteiger partial charge in [0, 0.05) is 0 Å². The molecule has 0 aliphatic carbocycles. The van der Waals surface area contributed by atoms with Crippen molar-refractivity contribution in [3.8, 4) is 0 Å². The summed E-state index contributed by atoms with van der Waals surface area (Å²) in [6.45, 7) is 13.6. The Morgan fingerprint density at radius 1 is 0.739 bits per heavy atom. The molecule has 0 aromatic carbocycles. The first-order valence-corrected chi connectivity index (χ1v) is 7.35. The molecule has 23 heavy (non-hydrogen) atoms. The van der Waals surface area contributed by atoms with Crippen molar-refractivity contribution in [1.82, 2.24) is 0 Å². The minimum absolute atomic E-state index is 0.0598. The zero-order valence-corrected chi connectivity index (χ0v) is 15.2. The molecule has 0 aromatic heterocycles. The molecule has 0 aliphatic heterocycles. The summed E-state index contributed by atoms with van der Waals surface area (Å²) in [5.41, 5.74) is -2.18. The highest BCUT2D eigenvalue weighted by atomic mass is 17.5. The van der Waals surface area contributed by atoms with Gasteiger partial charge in [0.2, 0.25) is 0 Å². The molecular weight excluding hydrogens is 308 g/mol. The predicted octanol–water partition coefficient (Wildman–Crippen LogP) is 3.20. The molecule has 0 heterocycles. The van der Waals surface area contributed by atoms with Crippen LogP contribution in [-0.4, -0.2) is 23.1 Å². The topological polar surface area (TPSA) is 89.5 Å². The molecule has 136 valence electrons. The molecule has 0 saturated carbocycles. The van der Waals surface area contributed by atoms with Gasteiger partial charge in [-0.05, 0) is 71.9 Å². The maximum absolute atomic E-state index is 11.9. The van der Waals surface area contributed by atoms with Crippen LogP contribution in [0.2, 0.25) is 0 Å². The van der Waals surface area contributed by atoms with Gasteiger partial charge < -0.3 is 0 Å². The van der Waals surface area contributed by atoms with Gasteiger partial charge in [0.1, 0.15) is 0 Å². The van der Waals surface area contributed by atoms with Crippen LogP contribution >= 0.6 is 0 Å². The molecule has 0 spiro atoms. The van der Waals surface area contributed by atoms with Gasteiger partial charge in [-0.25, -0.2) is 9.59 Å². The first kappa shape index (κ1) is 21.8. The third-order valence-corrected chi connectivity index (χ3v) is 2.31. The zero-order valence-electron chi connectivity index (χ0n) is 15.2. The van der Waals surface area contributed by atoms with Crippen LogP contribution < -0.4 is 0 Å². The predicted molar refractivity (Wildman–Crippen MR) is 79.0 cm³/mol. The molecule has 0 N–H and O–H groups in total. The van der Waals surface area contributed by atoms with Gasteiger partial charge in [0.05, 0.1) is 23.0 Å². The first-order chi connectivity index (χ1) is 10.2. The summed E-state index contributed by atoms with van der Waals surface area (Å²) in [4.78, 5) is 42.0. The molecular formula is C15H28O8. The van der Waals surface area contributed by atoms with Crippen molar-refractivity contribution in [2.75, 3.05) is 0 Å². The van der Waals surface area contributed by atoms with Crippen LogP contribution in [0.3, 0.4) is 0 Å². The third kappa shape index (κ3) is 11.9. The monoisotopic (exact) mass is 336 g/mol. The Morgan fingerprint density at radius 3 is 1.61 bits per heavy atom. The molecule has 8 heteroatoms. The Balaban J connectivity index is 4.10. The molecule has 0 aromatic rings. The summed E-state index contributed by atoms with van der Waals surface area (Å²) >= 11 is 0. The van der Waals surface area contributed by atoms with Crippen molar-refractivity contribution in [2.24, 2.45) is 5.41 Å². The van der Waals surface area contributed by atoms with E-state index in [1.807, 2.05) is 0 Å². The lowest BCUT2D eigenvalue weighted by molar-refractivity contribution is -0.516. The second-order valence-electron chi connectivity index (χ2n) is 7.74. The zero-order chi connectivity index (χ0) is 18.3. The highest BCUT2D eigenvalue weighted by molar-refractivity contribution is 5.76. The van der Waals surface area contributed by atoms with E-state index >= 15 is 0 Å². The van der Waals surface area contributed by atoms with Crippen molar-refractivity contribution in [3.63, 3.8) is 0 Å². The van der Waals surface area contributed by atoms with E-state index in [1.165, 1.54) is 0 Å².